The molecule has 0 aromatic heterocycles. The summed E-state index contributed by atoms with van der Waals surface area (Å²) in [6.45, 7) is 4.84. The van der Waals surface area contributed by atoms with Crippen molar-refractivity contribution in [3.05, 3.63) is 0 Å². The number of hydrogen-bond acceptors (Lipinski definition) is 4. The second kappa shape index (κ2) is 6.34. The largest absolute Gasteiger partial charge is 0.379 e. The molecule has 0 amide bonds. The minimum Gasteiger partial charge on any atom is -0.379 e. The molecule has 0 aliphatic carbocycles. The maximum absolute atomic E-state index is 10.5. The second-order valence-corrected chi connectivity index (χ2v) is 4.80. The van der Waals surface area contributed by atoms with Crippen LogP contribution in [0.4, 0.5) is 0 Å². The first-order valence-electron chi connectivity index (χ1n) is 4.38. The third-order valence-corrected chi connectivity index (χ3v) is 1.88. The first kappa shape index (κ1) is 12.9. The van der Waals surface area contributed by atoms with Gasteiger partial charge >= 0.3 is 0 Å². The molecule has 0 aliphatic heterocycles. The molecule has 80 valence electrons. The molecule has 0 aliphatic rings. The predicted molar refractivity (Wildman–Crippen MR) is 51.1 cm³/mol. The molecule has 0 aromatic rings. The van der Waals surface area contributed by atoms with Gasteiger partial charge in [-0.15, -0.1) is 0 Å². The van der Waals surface area contributed by atoms with Crippen molar-refractivity contribution in [1.82, 2.24) is 0 Å². The maximum atomic E-state index is 10.5. The molecule has 13 heavy (non-hydrogen) atoms. The zero-order valence-electron chi connectivity index (χ0n) is 8.45. The highest BCUT2D eigenvalue weighted by Crippen LogP contribution is 1.96. The highest BCUT2D eigenvalue weighted by molar-refractivity contribution is 7.85. The van der Waals surface area contributed by atoms with E-state index in [-0.39, 0.29) is 12.7 Å². The Morgan fingerprint density at radius 3 is 2.15 bits per heavy atom. The van der Waals surface area contributed by atoms with Gasteiger partial charge in [-0.1, -0.05) is 0 Å². The van der Waals surface area contributed by atoms with E-state index < -0.39 is 10.1 Å². The minimum atomic E-state index is -3.27. The molecule has 0 saturated heterocycles. The lowest BCUT2D eigenvalue weighted by molar-refractivity contribution is 0.0739. The average Bonchev–Trinajstić information content (AvgIpc) is 1.93. The van der Waals surface area contributed by atoms with E-state index in [2.05, 4.69) is 4.18 Å². The Labute approximate surface area is 80.4 Å². The minimum absolute atomic E-state index is 0.232. The van der Waals surface area contributed by atoms with Gasteiger partial charge in [-0.25, -0.2) is 0 Å². The molecule has 0 fully saturated rings. The van der Waals surface area contributed by atoms with Crippen LogP contribution in [0.5, 0.6) is 0 Å². The molecule has 0 rings (SSSR count). The summed E-state index contributed by atoms with van der Waals surface area (Å²) in [7, 11) is -3.27. The number of unbranched alkanes of at least 4 members (excludes halogenated alkanes) is 1. The van der Waals surface area contributed by atoms with Gasteiger partial charge in [0, 0.05) is 6.61 Å². The summed E-state index contributed by atoms with van der Waals surface area (Å²) in [5.41, 5.74) is 0. The van der Waals surface area contributed by atoms with Crippen molar-refractivity contribution in [1.29, 1.82) is 0 Å². The lowest BCUT2D eigenvalue weighted by Gasteiger charge is -2.06. The van der Waals surface area contributed by atoms with Crippen LogP contribution < -0.4 is 0 Å². The van der Waals surface area contributed by atoms with E-state index >= 15 is 0 Å². The van der Waals surface area contributed by atoms with Crippen molar-refractivity contribution in [3.8, 4) is 0 Å². The Balaban J connectivity index is 3.18. The van der Waals surface area contributed by atoms with E-state index in [9.17, 15) is 8.42 Å². The standard InChI is InChI=1S/C8H18O4S/c1-8(2)11-6-4-5-7-12-13(3,9)10/h8H,4-7H2,1-3H3. The Kier molecular flexibility index (Phi) is 6.28. The SMILES string of the molecule is CC(C)OCCCCOS(C)(=O)=O. The first-order valence-corrected chi connectivity index (χ1v) is 6.19. The Morgan fingerprint density at radius 2 is 1.69 bits per heavy atom. The molecule has 0 radical (unpaired) electrons. The Bertz CT molecular complexity index is 208. The zero-order chi connectivity index (χ0) is 10.3. The monoisotopic (exact) mass is 210 g/mol. The van der Waals surface area contributed by atoms with Crippen molar-refractivity contribution in [3.63, 3.8) is 0 Å². The lowest BCUT2D eigenvalue weighted by Crippen LogP contribution is -2.07. The van der Waals surface area contributed by atoms with E-state index in [0.29, 0.717) is 13.0 Å². The molecule has 5 heteroatoms. The lowest BCUT2D eigenvalue weighted by atomic mass is 10.3. The van der Waals surface area contributed by atoms with Gasteiger partial charge in [0.15, 0.2) is 0 Å². The van der Waals surface area contributed by atoms with Gasteiger partial charge < -0.3 is 4.74 Å². The molecule has 0 saturated carbocycles. The topological polar surface area (TPSA) is 52.6 Å². The summed E-state index contributed by atoms with van der Waals surface area (Å²) in [4.78, 5) is 0. The normalized spacial score (nSPS) is 12.3. The van der Waals surface area contributed by atoms with Crippen LogP contribution in [0.3, 0.4) is 0 Å². The number of ether oxygens (including phenoxy) is 1. The van der Waals surface area contributed by atoms with Gasteiger partial charge in [0.05, 0.1) is 19.0 Å². The predicted octanol–water partition coefficient (Wildman–Crippen LogP) is 1.17. The molecule has 0 atom stereocenters. The summed E-state index contributed by atoms with van der Waals surface area (Å²) >= 11 is 0. The van der Waals surface area contributed by atoms with Crippen LogP contribution in [0, 0.1) is 0 Å². The molecule has 0 N–H and O–H groups in total. The highest BCUT2D eigenvalue weighted by Gasteiger charge is 2.00. The molecule has 0 spiro atoms. The fraction of sp³-hybridized carbons (Fsp3) is 1.00. The summed E-state index contributed by atoms with van der Waals surface area (Å²) in [6.07, 6.45) is 2.82. The van der Waals surface area contributed by atoms with Crippen molar-refractivity contribution in [2.75, 3.05) is 19.5 Å². The van der Waals surface area contributed by atoms with Crippen LogP contribution in [0.1, 0.15) is 26.7 Å². The van der Waals surface area contributed by atoms with E-state index in [1.807, 2.05) is 13.8 Å². The Hall–Kier alpha value is -0.130. The van der Waals surface area contributed by atoms with E-state index in [1.54, 1.807) is 0 Å². The average molecular weight is 210 g/mol. The zero-order valence-corrected chi connectivity index (χ0v) is 9.26. The molecule has 0 heterocycles. The van der Waals surface area contributed by atoms with Crippen LogP contribution in [0.25, 0.3) is 0 Å². The number of rotatable bonds is 7. The van der Waals surface area contributed by atoms with Gasteiger partial charge in [-0.3, -0.25) is 4.18 Å². The maximum Gasteiger partial charge on any atom is 0.264 e. The van der Waals surface area contributed by atoms with Crippen LogP contribution in [0.15, 0.2) is 0 Å². The van der Waals surface area contributed by atoms with Crippen LogP contribution in [0.2, 0.25) is 0 Å². The molecule has 0 bridgehead atoms. The van der Waals surface area contributed by atoms with E-state index in [0.717, 1.165) is 12.7 Å². The number of hydrogen-bond donors (Lipinski definition) is 0. The molecule has 0 aromatic carbocycles. The van der Waals surface area contributed by atoms with Gasteiger partial charge in [-0.05, 0) is 26.7 Å². The summed E-state index contributed by atoms with van der Waals surface area (Å²) < 4.78 is 30.9. The van der Waals surface area contributed by atoms with E-state index in [4.69, 9.17) is 4.74 Å². The van der Waals surface area contributed by atoms with Gasteiger partial charge in [0.25, 0.3) is 10.1 Å². The fourth-order valence-electron chi connectivity index (χ4n) is 0.733. The van der Waals surface area contributed by atoms with Crippen LogP contribution in [-0.2, 0) is 19.0 Å². The Morgan fingerprint density at radius 1 is 1.15 bits per heavy atom. The first-order chi connectivity index (χ1) is 5.92. The van der Waals surface area contributed by atoms with Crippen LogP contribution in [-0.4, -0.2) is 34.0 Å². The highest BCUT2D eigenvalue weighted by atomic mass is 32.2. The van der Waals surface area contributed by atoms with Gasteiger partial charge in [0.2, 0.25) is 0 Å². The fourth-order valence-corrected chi connectivity index (χ4v) is 1.15. The smallest absolute Gasteiger partial charge is 0.264 e. The summed E-state index contributed by atoms with van der Waals surface area (Å²) in [5.74, 6) is 0. The molecule has 0 unspecified atom stereocenters. The van der Waals surface area contributed by atoms with Gasteiger partial charge in [0.1, 0.15) is 0 Å². The molecular weight excluding hydrogens is 192 g/mol. The van der Waals surface area contributed by atoms with Crippen molar-refractivity contribution in [2.45, 2.75) is 32.8 Å². The van der Waals surface area contributed by atoms with Crippen molar-refractivity contribution in [2.24, 2.45) is 0 Å². The molecular formula is C8H18O4S. The molecule has 4 nitrogen and oxygen atoms in total. The summed E-state index contributed by atoms with van der Waals surface area (Å²) in [5, 5.41) is 0. The van der Waals surface area contributed by atoms with Gasteiger partial charge in [-0.2, -0.15) is 8.42 Å². The van der Waals surface area contributed by atoms with E-state index in [1.165, 1.54) is 0 Å². The second-order valence-electron chi connectivity index (χ2n) is 3.15. The van der Waals surface area contributed by atoms with Crippen molar-refractivity contribution >= 4 is 10.1 Å². The third kappa shape index (κ3) is 11.9. The summed E-state index contributed by atoms with van der Waals surface area (Å²) in [6, 6.07) is 0. The van der Waals surface area contributed by atoms with Crippen LogP contribution >= 0.6 is 0 Å². The third-order valence-electron chi connectivity index (χ3n) is 1.29. The quantitative estimate of drug-likeness (QED) is 0.467. The van der Waals surface area contributed by atoms with Crippen molar-refractivity contribution < 1.29 is 17.3 Å².